The quantitative estimate of drug-likeness (QED) is 0.742. The Kier molecular flexibility index (Phi) is 4.25. The molecule has 2 unspecified atom stereocenters. The van der Waals surface area contributed by atoms with Gasteiger partial charge in [-0.1, -0.05) is 13.8 Å². The molecule has 1 heterocycles. The average Bonchev–Trinajstić information content (AvgIpc) is 2.38. The summed E-state index contributed by atoms with van der Waals surface area (Å²) < 4.78 is 5.22. The van der Waals surface area contributed by atoms with Gasteiger partial charge >= 0.3 is 0 Å². The van der Waals surface area contributed by atoms with E-state index in [9.17, 15) is 9.90 Å². The van der Waals surface area contributed by atoms with Gasteiger partial charge in [-0.15, -0.1) is 0 Å². The fourth-order valence-electron chi connectivity index (χ4n) is 2.57. The Morgan fingerprint density at radius 1 is 1.44 bits per heavy atom. The van der Waals surface area contributed by atoms with Crippen LogP contribution in [0.25, 0.3) is 0 Å². The second kappa shape index (κ2) is 5.55. The molecule has 0 radical (unpaired) electrons. The molecule has 2 fully saturated rings. The summed E-state index contributed by atoms with van der Waals surface area (Å²) in [5.74, 6) is 0.198. The lowest BCUT2D eigenvalue weighted by molar-refractivity contribution is -0.135. The van der Waals surface area contributed by atoms with Crippen molar-refractivity contribution in [2.24, 2.45) is 5.41 Å². The van der Waals surface area contributed by atoms with Crippen LogP contribution in [0.5, 0.6) is 0 Å². The summed E-state index contributed by atoms with van der Waals surface area (Å²) in [5, 5.41) is 13.0. The molecular weight excluding hydrogens is 232 g/mol. The summed E-state index contributed by atoms with van der Waals surface area (Å²) in [6.45, 7) is 7.54. The number of carbonyl (C=O) groups is 1. The van der Waals surface area contributed by atoms with Crippen LogP contribution >= 0.6 is 0 Å². The van der Waals surface area contributed by atoms with E-state index in [0.717, 1.165) is 6.42 Å². The number of rotatable bonds is 4. The van der Waals surface area contributed by atoms with Gasteiger partial charge in [-0.25, -0.2) is 0 Å². The van der Waals surface area contributed by atoms with Crippen LogP contribution in [0.4, 0.5) is 0 Å². The van der Waals surface area contributed by atoms with Gasteiger partial charge in [-0.2, -0.15) is 0 Å². The highest BCUT2D eigenvalue weighted by Gasteiger charge is 2.46. The molecule has 5 heteroatoms. The second-order valence-corrected chi connectivity index (χ2v) is 5.82. The van der Waals surface area contributed by atoms with Crippen molar-refractivity contribution in [3.8, 4) is 0 Å². The van der Waals surface area contributed by atoms with Gasteiger partial charge in [-0.3, -0.25) is 4.79 Å². The number of ether oxygens (including phenoxy) is 1. The minimum absolute atomic E-state index is 0.0674. The largest absolute Gasteiger partial charge is 0.392 e. The molecule has 0 bridgehead atoms. The molecule has 2 aliphatic rings. The van der Waals surface area contributed by atoms with Crippen molar-refractivity contribution in [3.63, 3.8) is 0 Å². The molecule has 0 aromatic rings. The Hall–Kier alpha value is -0.650. The van der Waals surface area contributed by atoms with E-state index in [2.05, 4.69) is 19.2 Å². The highest BCUT2D eigenvalue weighted by molar-refractivity contribution is 5.76. The van der Waals surface area contributed by atoms with Crippen LogP contribution in [-0.2, 0) is 9.53 Å². The molecule has 18 heavy (non-hydrogen) atoms. The first-order valence-electron chi connectivity index (χ1n) is 6.79. The number of amides is 1. The maximum atomic E-state index is 11.9. The first kappa shape index (κ1) is 13.8. The zero-order chi connectivity index (χ0) is 13.2. The number of aliphatic hydroxyl groups excluding tert-OH is 1. The first-order valence-corrected chi connectivity index (χ1v) is 6.79. The van der Waals surface area contributed by atoms with Crippen molar-refractivity contribution in [1.29, 1.82) is 0 Å². The standard InChI is InChI=1S/C13H24N2O3/c1-13(2)10(9-11(13)16)14-4-3-12(17)15-5-7-18-8-6-15/h10-11,14,16H,3-9H2,1-2H3. The van der Waals surface area contributed by atoms with Crippen LogP contribution < -0.4 is 5.32 Å². The molecule has 1 aliphatic carbocycles. The van der Waals surface area contributed by atoms with Crippen molar-refractivity contribution in [2.45, 2.75) is 38.8 Å². The summed E-state index contributed by atoms with van der Waals surface area (Å²) in [5.41, 5.74) is -0.0674. The van der Waals surface area contributed by atoms with Gasteiger partial charge in [0.05, 0.1) is 19.3 Å². The van der Waals surface area contributed by atoms with Crippen molar-refractivity contribution >= 4 is 5.91 Å². The number of nitrogens with zero attached hydrogens (tertiary/aromatic N) is 1. The number of nitrogens with one attached hydrogen (secondary N) is 1. The molecule has 1 saturated carbocycles. The lowest BCUT2D eigenvalue weighted by Crippen LogP contribution is -2.60. The van der Waals surface area contributed by atoms with Gasteiger partial charge in [0.15, 0.2) is 0 Å². The molecule has 2 rings (SSSR count). The molecule has 1 saturated heterocycles. The van der Waals surface area contributed by atoms with E-state index in [4.69, 9.17) is 4.74 Å². The number of hydrogen-bond donors (Lipinski definition) is 2. The van der Waals surface area contributed by atoms with Crippen LogP contribution in [0.3, 0.4) is 0 Å². The lowest BCUT2D eigenvalue weighted by atomic mass is 9.64. The van der Waals surface area contributed by atoms with E-state index >= 15 is 0 Å². The first-order chi connectivity index (χ1) is 8.51. The summed E-state index contributed by atoms with van der Waals surface area (Å²) in [6, 6.07) is 0.324. The SMILES string of the molecule is CC1(C)C(O)CC1NCCC(=O)N1CCOCC1. The van der Waals surface area contributed by atoms with Crippen molar-refractivity contribution in [1.82, 2.24) is 10.2 Å². The van der Waals surface area contributed by atoms with Crippen LogP contribution in [0.1, 0.15) is 26.7 Å². The molecule has 1 amide bonds. The van der Waals surface area contributed by atoms with Gasteiger partial charge in [-0.05, 0) is 6.42 Å². The molecule has 2 atom stereocenters. The Morgan fingerprint density at radius 2 is 2.11 bits per heavy atom. The van der Waals surface area contributed by atoms with Gasteiger partial charge < -0.3 is 20.1 Å². The average molecular weight is 256 g/mol. The number of hydrogen-bond acceptors (Lipinski definition) is 4. The van der Waals surface area contributed by atoms with Crippen molar-refractivity contribution in [2.75, 3.05) is 32.8 Å². The summed E-state index contributed by atoms with van der Waals surface area (Å²) in [4.78, 5) is 13.8. The van der Waals surface area contributed by atoms with Crippen LogP contribution in [-0.4, -0.2) is 60.9 Å². The Balaban J connectivity index is 1.65. The number of aliphatic hydroxyl groups is 1. The van der Waals surface area contributed by atoms with E-state index in [-0.39, 0.29) is 17.4 Å². The highest BCUT2D eigenvalue weighted by Crippen LogP contribution is 2.40. The minimum Gasteiger partial charge on any atom is -0.392 e. The summed E-state index contributed by atoms with van der Waals surface area (Å²) in [7, 11) is 0. The third kappa shape index (κ3) is 2.84. The summed E-state index contributed by atoms with van der Waals surface area (Å²) >= 11 is 0. The Labute approximate surface area is 108 Å². The molecule has 2 N–H and O–H groups in total. The molecule has 0 spiro atoms. The zero-order valence-corrected chi connectivity index (χ0v) is 11.3. The number of carbonyl (C=O) groups excluding carboxylic acids is 1. The van der Waals surface area contributed by atoms with E-state index in [0.29, 0.717) is 45.3 Å². The van der Waals surface area contributed by atoms with E-state index in [1.807, 2.05) is 4.90 Å². The fourth-order valence-corrected chi connectivity index (χ4v) is 2.57. The highest BCUT2D eigenvalue weighted by atomic mass is 16.5. The van der Waals surface area contributed by atoms with Crippen LogP contribution in [0, 0.1) is 5.41 Å². The smallest absolute Gasteiger partial charge is 0.224 e. The Bertz CT molecular complexity index is 301. The fraction of sp³-hybridized carbons (Fsp3) is 0.923. The Morgan fingerprint density at radius 3 is 2.67 bits per heavy atom. The monoisotopic (exact) mass is 256 g/mol. The molecule has 1 aliphatic heterocycles. The summed E-state index contributed by atoms with van der Waals surface area (Å²) in [6.07, 6.45) is 1.10. The second-order valence-electron chi connectivity index (χ2n) is 5.82. The maximum Gasteiger partial charge on any atom is 0.224 e. The van der Waals surface area contributed by atoms with Crippen molar-refractivity contribution in [3.05, 3.63) is 0 Å². The van der Waals surface area contributed by atoms with Crippen LogP contribution in [0.15, 0.2) is 0 Å². The van der Waals surface area contributed by atoms with Gasteiger partial charge in [0, 0.05) is 37.5 Å². The lowest BCUT2D eigenvalue weighted by Gasteiger charge is -2.49. The zero-order valence-electron chi connectivity index (χ0n) is 11.3. The molecule has 104 valence electrons. The van der Waals surface area contributed by atoms with E-state index < -0.39 is 0 Å². The normalized spacial score (nSPS) is 30.9. The molecule has 5 nitrogen and oxygen atoms in total. The predicted molar refractivity (Wildman–Crippen MR) is 68.2 cm³/mol. The van der Waals surface area contributed by atoms with Crippen LogP contribution in [0.2, 0.25) is 0 Å². The maximum absolute atomic E-state index is 11.9. The van der Waals surface area contributed by atoms with Gasteiger partial charge in [0.2, 0.25) is 5.91 Å². The predicted octanol–water partition coefficient (Wildman–Crippen LogP) is -0.0157. The number of morpholine rings is 1. The third-order valence-corrected chi connectivity index (χ3v) is 4.31. The molecule has 0 aromatic heterocycles. The third-order valence-electron chi connectivity index (χ3n) is 4.31. The van der Waals surface area contributed by atoms with E-state index in [1.54, 1.807) is 0 Å². The van der Waals surface area contributed by atoms with Crippen molar-refractivity contribution < 1.29 is 14.6 Å². The minimum atomic E-state index is -0.218. The van der Waals surface area contributed by atoms with Gasteiger partial charge in [0.1, 0.15) is 0 Å². The van der Waals surface area contributed by atoms with Gasteiger partial charge in [0.25, 0.3) is 0 Å². The topological polar surface area (TPSA) is 61.8 Å². The van der Waals surface area contributed by atoms with E-state index in [1.165, 1.54) is 0 Å². The molecular formula is C13H24N2O3. The molecule has 0 aromatic carbocycles.